The molecule has 0 aromatic carbocycles. The highest BCUT2D eigenvalue weighted by atomic mass is 32.2. The van der Waals surface area contributed by atoms with E-state index in [0.29, 0.717) is 63.8 Å². The number of hydrogen-bond donors (Lipinski definition) is 3. The topological polar surface area (TPSA) is 167 Å². The van der Waals surface area contributed by atoms with Crippen molar-refractivity contribution in [2.45, 2.75) is 89.7 Å². The Hall–Kier alpha value is -0.643. The number of nitrogens with one attached hydrogen (secondary N) is 1. The molecule has 0 bridgehead atoms. The quantitative estimate of drug-likeness (QED) is 0.0538. The second-order valence-electron chi connectivity index (χ2n) is 9.21. The molecule has 0 aliphatic heterocycles. The van der Waals surface area contributed by atoms with Crippen LogP contribution in [0.15, 0.2) is 0 Å². The molecule has 0 aromatic heterocycles. The fraction of sp³-hybridized carbons (Fsp3) is 0.880. The van der Waals surface area contributed by atoms with Crippen molar-refractivity contribution in [2.24, 2.45) is 0 Å². The first-order chi connectivity index (χ1) is 19.4. The Morgan fingerprint density at radius 2 is 1.34 bits per heavy atom. The first-order valence-electron chi connectivity index (χ1n) is 14.2. The molecule has 1 amide bonds. The summed E-state index contributed by atoms with van der Waals surface area (Å²) >= 11 is 2.53. The molecule has 41 heavy (non-hydrogen) atoms. The van der Waals surface area contributed by atoms with E-state index in [1.165, 1.54) is 11.8 Å². The molecule has 3 N–H and O–H groups in total. The van der Waals surface area contributed by atoms with E-state index in [1.807, 2.05) is 27.7 Å². The monoisotopic (exact) mass is 663 g/mol. The number of unbranched alkanes of at least 4 members (excludes halogenated alkanes) is 1. The summed E-state index contributed by atoms with van der Waals surface area (Å²) in [4.78, 5) is 53.9. The molecule has 0 fully saturated rings. The fourth-order valence-electron chi connectivity index (χ4n) is 3.54. The summed E-state index contributed by atoms with van der Waals surface area (Å²) in [6.45, 7) is 11.8. The lowest BCUT2D eigenvalue weighted by molar-refractivity contribution is -0.146. The summed E-state index contributed by atoms with van der Waals surface area (Å²) in [6.07, 6.45) is 2.31. The van der Waals surface area contributed by atoms with Gasteiger partial charge in [0.15, 0.2) is 0 Å². The highest BCUT2D eigenvalue weighted by Gasteiger charge is 2.39. The largest absolute Gasteiger partial charge is 0.500 e. The van der Waals surface area contributed by atoms with Gasteiger partial charge in [0.25, 0.3) is 5.24 Å². The van der Waals surface area contributed by atoms with Gasteiger partial charge in [-0.2, -0.15) is 11.8 Å². The van der Waals surface area contributed by atoms with Gasteiger partial charge < -0.3 is 37.9 Å². The Morgan fingerprint density at radius 1 is 0.829 bits per heavy atom. The summed E-state index contributed by atoms with van der Waals surface area (Å²) in [5.74, 6) is -0.159. The van der Waals surface area contributed by atoms with E-state index >= 15 is 0 Å². The fourth-order valence-corrected chi connectivity index (χ4v) is 8.67. The van der Waals surface area contributed by atoms with Crippen LogP contribution in [0.4, 0.5) is 4.79 Å². The minimum Gasteiger partial charge on any atom is -0.466 e. The van der Waals surface area contributed by atoms with Crippen LogP contribution in [0.2, 0.25) is 6.04 Å². The van der Waals surface area contributed by atoms with E-state index < -0.39 is 16.4 Å². The molecule has 0 radical (unpaired) electrons. The van der Waals surface area contributed by atoms with Crippen molar-refractivity contribution in [3.8, 4) is 0 Å². The molecule has 2 atom stereocenters. The van der Waals surface area contributed by atoms with Gasteiger partial charge in [-0.3, -0.25) is 18.9 Å². The molecule has 0 aliphatic rings. The van der Waals surface area contributed by atoms with Crippen LogP contribution in [-0.4, -0.2) is 97.8 Å². The molecule has 242 valence electrons. The van der Waals surface area contributed by atoms with E-state index in [9.17, 15) is 18.9 Å². The summed E-state index contributed by atoms with van der Waals surface area (Å²) in [5.41, 5.74) is 0. The number of hydrogen-bond acceptors (Lipinski definition) is 11. The van der Waals surface area contributed by atoms with Gasteiger partial charge in [-0.15, -0.1) is 0 Å². The standard InChI is InChI=1S/C25H50NO11PS2Si/c1-6-35-41(36-7-2,37-8-3)18-11-13-26-25(29)40-22(5)20-24(28)34-15-10-9-14-33-23(27)19-21(4)39-17-12-16-38(30,31)32/h21-22H,6-20H2,1-5H3,(H,26,29)(H2,30,31,32). The average molecular weight is 664 g/mol. The van der Waals surface area contributed by atoms with Crippen molar-refractivity contribution in [1.82, 2.24) is 5.32 Å². The molecular formula is C25H50NO11PS2Si. The van der Waals surface area contributed by atoms with E-state index in [1.54, 1.807) is 6.92 Å². The lowest BCUT2D eigenvalue weighted by atomic mass is 10.3. The first-order valence-corrected chi connectivity index (χ1v) is 19.9. The van der Waals surface area contributed by atoms with Gasteiger partial charge in [0.2, 0.25) is 0 Å². The zero-order valence-electron chi connectivity index (χ0n) is 25.1. The Labute approximate surface area is 254 Å². The van der Waals surface area contributed by atoms with E-state index in [0.717, 1.165) is 11.8 Å². The Bertz CT molecular complexity index is 774. The Kier molecular flexibility index (Phi) is 23.4. The molecule has 2 unspecified atom stereocenters. The van der Waals surface area contributed by atoms with Crippen LogP contribution < -0.4 is 5.32 Å². The third-order valence-electron chi connectivity index (χ3n) is 5.30. The molecule has 0 saturated heterocycles. The van der Waals surface area contributed by atoms with Crippen molar-refractivity contribution in [3.05, 3.63) is 0 Å². The number of thioether (sulfide) groups is 2. The third kappa shape index (κ3) is 23.5. The van der Waals surface area contributed by atoms with Crippen molar-refractivity contribution in [2.75, 3.05) is 51.5 Å². The molecular weight excluding hydrogens is 613 g/mol. The van der Waals surface area contributed by atoms with Crippen molar-refractivity contribution in [3.63, 3.8) is 0 Å². The molecule has 12 nitrogen and oxygen atoms in total. The van der Waals surface area contributed by atoms with Crippen molar-refractivity contribution >= 4 is 57.1 Å². The molecule has 0 saturated carbocycles. The average Bonchev–Trinajstić information content (AvgIpc) is 2.86. The lowest BCUT2D eigenvalue weighted by Gasteiger charge is -2.28. The maximum Gasteiger partial charge on any atom is 0.500 e. The van der Waals surface area contributed by atoms with Gasteiger partial charge >= 0.3 is 28.3 Å². The summed E-state index contributed by atoms with van der Waals surface area (Å²) in [7, 11) is -6.70. The van der Waals surface area contributed by atoms with Crippen LogP contribution in [0.3, 0.4) is 0 Å². The molecule has 0 rings (SSSR count). The van der Waals surface area contributed by atoms with Crippen LogP contribution in [-0.2, 0) is 36.9 Å². The first kappa shape index (κ1) is 40.4. The van der Waals surface area contributed by atoms with Gasteiger partial charge in [0, 0.05) is 42.9 Å². The zero-order valence-corrected chi connectivity index (χ0v) is 28.6. The number of ether oxygens (including phenoxy) is 2. The van der Waals surface area contributed by atoms with E-state index in [4.69, 9.17) is 32.5 Å². The normalized spacial score (nSPS) is 13.4. The predicted molar refractivity (Wildman–Crippen MR) is 164 cm³/mol. The van der Waals surface area contributed by atoms with Crippen LogP contribution in [0.25, 0.3) is 0 Å². The SMILES string of the molecule is CCO[Si](CCCNC(=O)SC(C)CC(=O)OCCCCOC(=O)CC(C)SCCCP(=O)(O)O)(OCC)OCC. The maximum atomic E-state index is 12.2. The van der Waals surface area contributed by atoms with Gasteiger partial charge in [0.1, 0.15) is 0 Å². The molecule has 16 heteroatoms. The summed E-state index contributed by atoms with van der Waals surface area (Å²) in [5, 5.41) is 2.38. The van der Waals surface area contributed by atoms with Crippen LogP contribution in [0.5, 0.6) is 0 Å². The second-order valence-corrected chi connectivity index (χ2v) is 16.7. The van der Waals surface area contributed by atoms with E-state index in [2.05, 4.69) is 5.32 Å². The van der Waals surface area contributed by atoms with Gasteiger partial charge in [-0.05, 0) is 52.2 Å². The van der Waals surface area contributed by atoms with E-state index in [-0.39, 0.29) is 59.9 Å². The molecule has 0 aliphatic carbocycles. The predicted octanol–water partition coefficient (Wildman–Crippen LogP) is 4.59. The minimum atomic E-state index is -3.97. The van der Waals surface area contributed by atoms with Crippen LogP contribution >= 0.6 is 31.1 Å². The zero-order chi connectivity index (χ0) is 31.2. The summed E-state index contributed by atoms with van der Waals surface area (Å²) in [6, 6.07) is 0.608. The van der Waals surface area contributed by atoms with Crippen LogP contribution in [0.1, 0.15) is 73.1 Å². The molecule has 0 aromatic rings. The number of rotatable bonds is 25. The summed E-state index contributed by atoms with van der Waals surface area (Å²) < 4.78 is 38.7. The Morgan fingerprint density at radius 3 is 1.83 bits per heavy atom. The van der Waals surface area contributed by atoms with Crippen molar-refractivity contribution in [1.29, 1.82) is 0 Å². The van der Waals surface area contributed by atoms with Gasteiger partial charge in [0.05, 0.1) is 32.2 Å². The molecule has 0 heterocycles. The maximum absolute atomic E-state index is 12.2. The van der Waals surface area contributed by atoms with Gasteiger partial charge in [-0.25, -0.2) is 0 Å². The Balaban J connectivity index is 3.96. The number of carbonyl (C=O) groups excluding carboxylic acids is 3. The second kappa shape index (κ2) is 23.8. The number of carbonyl (C=O) groups is 3. The molecule has 0 spiro atoms. The highest BCUT2D eigenvalue weighted by molar-refractivity contribution is 8.14. The van der Waals surface area contributed by atoms with Crippen molar-refractivity contribution < 1.29 is 51.5 Å². The van der Waals surface area contributed by atoms with Crippen LogP contribution in [0, 0.1) is 0 Å². The smallest absolute Gasteiger partial charge is 0.466 e. The number of amides is 1. The highest BCUT2D eigenvalue weighted by Crippen LogP contribution is 2.35. The lowest BCUT2D eigenvalue weighted by Crippen LogP contribution is -2.46. The third-order valence-corrected chi connectivity index (χ3v) is 11.5. The minimum absolute atomic E-state index is 0.00974. The number of esters is 2. The van der Waals surface area contributed by atoms with Gasteiger partial charge in [-0.1, -0.05) is 25.6 Å².